The van der Waals surface area contributed by atoms with E-state index in [0.29, 0.717) is 17.7 Å². The molecule has 1 aliphatic heterocycles. The second-order valence-electron chi connectivity index (χ2n) is 11.4. The van der Waals surface area contributed by atoms with Gasteiger partial charge in [0.25, 0.3) is 5.91 Å². The van der Waals surface area contributed by atoms with E-state index in [1.165, 1.54) is 11.0 Å². The number of likely N-dealkylation sites (N-methyl/N-ethyl adjacent to an activating group) is 1. The zero-order valence-corrected chi connectivity index (χ0v) is 22.1. The highest BCUT2D eigenvalue weighted by molar-refractivity contribution is 6.24. The van der Waals surface area contributed by atoms with E-state index in [0.717, 1.165) is 32.4 Å². The fourth-order valence-electron chi connectivity index (χ4n) is 7.07. The summed E-state index contributed by atoms with van der Waals surface area (Å²) >= 11 is 0. The number of ketones is 2. The van der Waals surface area contributed by atoms with E-state index in [2.05, 4.69) is 4.90 Å². The van der Waals surface area contributed by atoms with Gasteiger partial charge in [-0.1, -0.05) is 12.5 Å². The number of aliphatic hydroxyl groups is 4. The number of carbonyl (C=O) groups is 3. The van der Waals surface area contributed by atoms with E-state index in [-0.39, 0.29) is 29.7 Å². The number of rotatable bonds is 5. The summed E-state index contributed by atoms with van der Waals surface area (Å²) in [6, 6.07) is 1.87. The molecule has 3 aliphatic carbocycles. The van der Waals surface area contributed by atoms with Crippen molar-refractivity contribution in [3.63, 3.8) is 0 Å². The highest BCUT2D eigenvalue weighted by atomic mass is 16.3. The number of nitrogens with zero attached hydrogens (tertiary/aromatic N) is 2. The summed E-state index contributed by atoms with van der Waals surface area (Å²) in [7, 11) is 3.17. The van der Waals surface area contributed by atoms with Crippen molar-refractivity contribution in [2.75, 3.05) is 33.7 Å². The van der Waals surface area contributed by atoms with Crippen LogP contribution in [0.25, 0.3) is 0 Å². The summed E-state index contributed by atoms with van der Waals surface area (Å²) < 4.78 is 0. The predicted octanol–water partition coefficient (Wildman–Crippen LogP) is 0.640. The van der Waals surface area contributed by atoms with Crippen LogP contribution in [0.3, 0.4) is 0 Å². The quantitative estimate of drug-likeness (QED) is 0.289. The molecular weight excluding hydrogens is 506 g/mol. The molecule has 210 valence electrons. The molecule has 1 heterocycles. The maximum absolute atomic E-state index is 13.8. The van der Waals surface area contributed by atoms with Crippen molar-refractivity contribution in [2.24, 2.45) is 17.6 Å². The monoisotopic (exact) mass is 541 g/mol. The Hall–Kier alpha value is -3.25. The first-order chi connectivity index (χ1) is 18.4. The van der Waals surface area contributed by atoms with Crippen LogP contribution < -0.4 is 5.73 Å². The lowest BCUT2D eigenvalue weighted by Gasteiger charge is -2.50. The van der Waals surface area contributed by atoms with Gasteiger partial charge in [-0.2, -0.15) is 0 Å². The van der Waals surface area contributed by atoms with Gasteiger partial charge in [0.2, 0.25) is 5.78 Å². The summed E-state index contributed by atoms with van der Waals surface area (Å²) in [5.41, 5.74) is 2.50. The van der Waals surface area contributed by atoms with Crippen LogP contribution in [-0.2, 0) is 16.0 Å². The highest BCUT2D eigenvalue weighted by Gasteiger charge is 2.63. The van der Waals surface area contributed by atoms with Crippen LogP contribution in [0.5, 0.6) is 5.75 Å². The first kappa shape index (κ1) is 27.3. The molecule has 0 aromatic heterocycles. The number of primary amides is 1. The molecule has 1 amide bonds. The standard InChI is InChI=1S/C28H35N3O8/c1-30(2)22-16-11-13-10-15-14(18(33)12-31-8-4-3-5-9-31)6-7-17(32)20(15)23(34)19(13)25(36)28(16,39)26(37)21(24(22)35)27(29)38/h6-7,13,16,18,22,32-33,35-36,39H,3-5,8-12H2,1-2H3,(H2,29,38)/t13-,16-,18?,22-,28-/m0/s1. The first-order valence-corrected chi connectivity index (χ1v) is 13.3. The van der Waals surface area contributed by atoms with Gasteiger partial charge in [-0.05, 0) is 76.0 Å². The van der Waals surface area contributed by atoms with Crippen LogP contribution >= 0.6 is 0 Å². The summed E-state index contributed by atoms with van der Waals surface area (Å²) in [5.74, 6) is -6.92. The maximum Gasteiger partial charge on any atom is 0.255 e. The summed E-state index contributed by atoms with van der Waals surface area (Å²) in [5, 5.41) is 55.8. The zero-order chi connectivity index (χ0) is 28.4. The van der Waals surface area contributed by atoms with Crippen molar-refractivity contribution in [2.45, 2.75) is 49.9 Å². The summed E-state index contributed by atoms with van der Waals surface area (Å²) in [4.78, 5) is 42.9. The van der Waals surface area contributed by atoms with Gasteiger partial charge >= 0.3 is 0 Å². The van der Waals surface area contributed by atoms with Crippen LogP contribution in [0.4, 0.5) is 0 Å². The second-order valence-corrected chi connectivity index (χ2v) is 11.4. The molecule has 1 aromatic rings. The number of aliphatic hydroxyl groups excluding tert-OH is 3. The Morgan fingerprint density at radius 1 is 1.15 bits per heavy atom. The van der Waals surface area contributed by atoms with Crippen molar-refractivity contribution in [3.8, 4) is 5.75 Å². The van der Waals surface area contributed by atoms with E-state index in [9.17, 15) is 39.9 Å². The van der Waals surface area contributed by atoms with Gasteiger partial charge in [-0.3, -0.25) is 19.3 Å². The molecule has 11 heteroatoms. The Balaban J connectivity index is 1.61. The van der Waals surface area contributed by atoms with Crippen LogP contribution in [0.1, 0.15) is 53.3 Å². The van der Waals surface area contributed by atoms with Crippen LogP contribution in [0.2, 0.25) is 0 Å². The molecule has 11 nitrogen and oxygen atoms in total. The molecule has 0 spiro atoms. The lowest BCUT2D eigenvalue weighted by atomic mass is 9.58. The number of piperidine rings is 1. The van der Waals surface area contributed by atoms with E-state index >= 15 is 0 Å². The normalized spacial score (nSPS) is 30.2. The van der Waals surface area contributed by atoms with Gasteiger partial charge in [0.05, 0.1) is 17.7 Å². The van der Waals surface area contributed by atoms with Crippen molar-refractivity contribution in [1.82, 2.24) is 9.80 Å². The van der Waals surface area contributed by atoms with Crippen LogP contribution in [-0.4, -0.2) is 98.2 Å². The van der Waals surface area contributed by atoms with E-state index in [1.54, 1.807) is 20.2 Å². The Bertz CT molecular complexity index is 1310. The summed E-state index contributed by atoms with van der Waals surface area (Å²) in [6.45, 7) is 2.10. The molecular formula is C28H35N3O8. The SMILES string of the molecule is CN(C)[C@@H]1C(O)=C(C(N)=O)C(=O)[C@@]2(O)C(O)=C3C(=O)c4c(O)ccc(C(O)CN5CCCCC5)c4C[C@H]3C[C@@H]12. The molecule has 1 unspecified atom stereocenters. The van der Waals surface area contributed by atoms with Gasteiger partial charge < -0.3 is 36.2 Å². The number of benzene rings is 1. The number of aromatic hydroxyl groups is 1. The zero-order valence-electron chi connectivity index (χ0n) is 22.1. The number of phenolic OH excluding ortho intramolecular Hbond substituents is 1. The minimum absolute atomic E-state index is 0.00305. The molecule has 1 saturated heterocycles. The van der Waals surface area contributed by atoms with Gasteiger partial charge in [0, 0.05) is 18.0 Å². The maximum atomic E-state index is 13.8. The molecule has 0 saturated carbocycles. The Labute approximate surface area is 225 Å². The highest BCUT2D eigenvalue weighted by Crippen LogP contribution is 2.52. The van der Waals surface area contributed by atoms with E-state index in [4.69, 9.17) is 5.73 Å². The molecule has 0 bridgehead atoms. The molecule has 4 aliphatic rings. The third-order valence-corrected chi connectivity index (χ3v) is 8.88. The smallest absolute Gasteiger partial charge is 0.255 e. The Kier molecular flexibility index (Phi) is 6.82. The topological polar surface area (TPSA) is 185 Å². The number of nitrogens with two attached hydrogens (primary N) is 1. The lowest BCUT2D eigenvalue weighted by molar-refractivity contribution is -0.148. The fourth-order valence-corrected chi connectivity index (χ4v) is 7.07. The van der Waals surface area contributed by atoms with Gasteiger partial charge in [-0.25, -0.2) is 0 Å². The molecule has 1 fully saturated rings. The molecule has 0 radical (unpaired) electrons. The average Bonchev–Trinajstić information content (AvgIpc) is 2.86. The van der Waals surface area contributed by atoms with Crippen LogP contribution in [0.15, 0.2) is 34.8 Å². The number of phenols is 1. The average molecular weight is 542 g/mol. The number of amides is 1. The molecule has 1 aromatic carbocycles. The number of β-amino-alcohol motifs (C(OH)–C–C–N with tert-alkyl or cyclic N) is 1. The molecule has 39 heavy (non-hydrogen) atoms. The molecule has 5 rings (SSSR count). The minimum atomic E-state index is -2.68. The number of Topliss-reactive ketones (excluding diaryl/α,β-unsaturated/α-hetero) is 2. The number of hydrogen-bond donors (Lipinski definition) is 6. The summed E-state index contributed by atoms with van der Waals surface area (Å²) in [6.07, 6.45) is 2.47. The largest absolute Gasteiger partial charge is 0.510 e. The number of allylic oxidation sites excluding steroid dienone is 1. The molecule has 7 N–H and O–H groups in total. The van der Waals surface area contributed by atoms with Crippen molar-refractivity contribution < 1.29 is 39.9 Å². The minimum Gasteiger partial charge on any atom is -0.510 e. The fraction of sp³-hybridized carbons (Fsp3) is 0.536. The first-order valence-electron chi connectivity index (χ1n) is 13.3. The van der Waals surface area contributed by atoms with Crippen molar-refractivity contribution in [1.29, 1.82) is 0 Å². The Morgan fingerprint density at radius 2 is 1.82 bits per heavy atom. The molecule has 5 atom stereocenters. The third-order valence-electron chi connectivity index (χ3n) is 8.88. The Morgan fingerprint density at radius 3 is 2.44 bits per heavy atom. The number of hydrogen-bond acceptors (Lipinski definition) is 10. The lowest BCUT2D eigenvalue weighted by Crippen LogP contribution is -2.63. The van der Waals surface area contributed by atoms with E-state index in [1.807, 2.05) is 0 Å². The second kappa shape index (κ2) is 9.74. The predicted molar refractivity (Wildman–Crippen MR) is 139 cm³/mol. The van der Waals surface area contributed by atoms with Gasteiger partial charge in [0.1, 0.15) is 22.8 Å². The number of likely N-dealkylation sites (tertiary alicyclic amines) is 1. The van der Waals surface area contributed by atoms with Crippen LogP contribution in [0, 0.1) is 11.8 Å². The van der Waals surface area contributed by atoms with Gasteiger partial charge in [0.15, 0.2) is 11.4 Å². The van der Waals surface area contributed by atoms with E-state index < -0.39 is 64.1 Å². The third kappa shape index (κ3) is 4.07. The number of fused-ring (bicyclic) bond motifs is 3. The van der Waals surface area contributed by atoms with Crippen molar-refractivity contribution >= 4 is 17.5 Å². The van der Waals surface area contributed by atoms with Crippen molar-refractivity contribution in [3.05, 3.63) is 51.5 Å². The number of carbonyl (C=O) groups excluding carboxylic acids is 3. The van der Waals surface area contributed by atoms with Gasteiger partial charge in [-0.15, -0.1) is 0 Å².